The summed E-state index contributed by atoms with van der Waals surface area (Å²) in [5, 5.41) is 11.2. The van der Waals surface area contributed by atoms with Crippen LogP contribution in [0.1, 0.15) is 0 Å². The Hall–Kier alpha value is -2.59. The van der Waals surface area contributed by atoms with Crippen LogP contribution in [0.3, 0.4) is 0 Å². The zero-order chi connectivity index (χ0) is 16.7. The van der Waals surface area contributed by atoms with E-state index in [0.29, 0.717) is 11.8 Å². The van der Waals surface area contributed by atoms with Gasteiger partial charge in [-0.3, -0.25) is 4.79 Å². The van der Waals surface area contributed by atoms with Crippen molar-refractivity contribution >= 4 is 23.4 Å². The molecule has 23 heavy (non-hydrogen) atoms. The van der Waals surface area contributed by atoms with Crippen molar-refractivity contribution in [2.75, 3.05) is 17.7 Å². The largest absolute Gasteiger partial charge is 0.481 e. The van der Waals surface area contributed by atoms with E-state index in [1.807, 2.05) is 6.07 Å². The Balaban J connectivity index is 1.96. The van der Waals surface area contributed by atoms with Gasteiger partial charge < -0.3 is 10.1 Å². The van der Waals surface area contributed by atoms with Crippen LogP contribution in [-0.2, 0) is 4.79 Å². The second kappa shape index (κ2) is 8.15. The van der Waals surface area contributed by atoms with Gasteiger partial charge in [0.15, 0.2) is 18.2 Å². The van der Waals surface area contributed by atoms with Gasteiger partial charge in [0.05, 0.1) is 17.5 Å². The van der Waals surface area contributed by atoms with Gasteiger partial charge in [0, 0.05) is 11.0 Å². The normalized spacial score (nSPS) is 9.96. The number of ether oxygens (including phenoxy) is 1. The van der Waals surface area contributed by atoms with Crippen molar-refractivity contribution in [2.45, 2.75) is 4.90 Å². The summed E-state index contributed by atoms with van der Waals surface area (Å²) in [6, 6.07) is 11.9. The Bertz CT molecular complexity index is 747. The molecule has 0 heterocycles. The van der Waals surface area contributed by atoms with Gasteiger partial charge in [-0.1, -0.05) is 12.1 Å². The second-order valence-electron chi connectivity index (χ2n) is 4.35. The highest BCUT2D eigenvalue weighted by molar-refractivity contribution is 7.99. The maximum absolute atomic E-state index is 13.4. The molecular weight excluding hydrogens is 322 g/mol. The first-order valence-electron chi connectivity index (χ1n) is 6.56. The molecule has 0 radical (unpaired) electrons. The van der Waals surface area contributed by atoms with Gasteiger partial charge in [0.25, 0.3) is 5.91 Å². The molecule has 0 spiro atoms. The monoisotopic (exact) mass is 334 g/mol. The summed E-state index contributed by atoms with van der Waals surface area (Å²) in [4.78, 5) is 12.6. The first-order chi connectivity index (χ1) is 11.1. The average molecular weight is 334 g/mol. The maximum Gasteiger partial charge on any atom is 0.262 e. The van der Waals surface area contributed by atoms with Gasteiger partial charge in [-0.25, -0.2) is 8.78 Å². The predicted octanol–water partition coefficient (Wildman–Crippen LogP) is 3.60. The van der Waals surface area contributed by atoms with Gasteiger partial charge in [0.1, 0.15) is 5.82 Å². The summed E-state index contributed by atoms with van der Waals surface area (Å²) >= 11 is 1.29. The van der Waals surface area contributed by atoms with E-state index in [4.69, 9.17) is 10.00 Å². The molecule has 7 heteroatoms. The third-order valence-electron chi connectivity index (χ3n) is 2.71. The van der Waals surface area contributed by atoms with E-state index >= 15 is 0 Å². The molecule has 1 N–H and O–H groups in total. The highest BCUT2D eigenvalue weighted by Gasteiger charge is 2.10. The topological polar surface area (TPSA) is 62.1 Å². The number of hydrogen-bond donors (Lipinski definition) is 1. The Labute approximate surface area is 136 Å². The van der Waals surface area contributed by atoms with Crippen molar-refractivity contribution < 1.29 is 18.3 Å². The minimum atomic E-state index is -0.872. The molecule has 0 aliphatic heterocycles. The van der Waals surface area contributed by atoms with Crippen molar-refractivity contribution in [1.82, 2.24) is 0 Å². The number of carbonyl (C=O) groups excluding carboxylic acids is 1. The van der Waals surface area contributed by atoms with Crippen LogP contribution in [0.2, 0.25) is 0 Å². The number of nitriles is 1. The number of hydrogen-bond acceptors (Lipinski definition) is 4. The lowest BCUT2D eigenvalue weighted by atomic mass is 10.3. The van der Waals surface area contributed by atoms with Crippen LogP contribution in [0.5, 0.6) is 5.75 Å². The number of anilines is 1. The van der Waals surface area contributed by atoms with E-state index in [-0.39, 0.29) is 11.5 Å². The molecule has 0 saturated heterocycles. The number of halogens is 2. The third-order valence-corrected chi connectivity index (χ3v) is 3.65. The lowest BCUT2D eigenvalue weighted by molar-refractivity contribution is -0.118. The highest BCUT2D eigenvalue weighted by atomic mass is 32.2. The molecule has 0 aromatic heterocycles. The first-order valence-corrected chi connectivity index (χ1v) is 7.55. The molecule has 0 atom stereocenters. The van der Waals surface area contributed by atoms with Crippen LogP contribution in [0.4, 0.5) is 14.5 Å². The number of benzene rings is 2. The molecule has 118 valence electrons. The number of nitrogens with one attached hydrogen (secondary N) is 1. The summed E-state index contributed by atoms with van der Waals surface area (Å²) < 4.78 is 31.2. The maximum atomic E-state index is 13.4. The van der Waals surface area contributed by atoms with Gasteiger partial charge in [-0.2, -0.15) is 5.26 Å². The van der Waals surface area contributed by atoms with Crippen molar-refractivity contribution in [2.24, 2.45) is 0 Å². The van der Waals surface area contributed by atoms with Crippen LogP contribution in [0, 0.1) is 23.0 Å². The van der Waals surface area contributed by atoms with Crippen molar-refractivity contribution in [1.29, 1.82) is 5.26 Å². The molecule has 2 aromatic rings. The number of carbonyl (C=O) groups is 1. The SMILES string of the molecule is N#CCSc1ccccc1NC(=O)COc1ccc(F)cc1F. The van der Waals surface area contributed by atoms with E-state index in [1.165, 1.54) is 11.8 Å². The molecule has 0 aliphatic rings. The molecule has 4 nitrogen and oxygen atoms in total. The summed E-state index contributed by atoms with van der Waals surface area (Å²) in [5.74, 6) is -2.03. The Morgan fingerprint density at radius 2 is 2.04 bits per heavy atom. The fourth-order valence-corrected chi connectivity index (χ4v) is 2.40. The fraction of sp³-hybridized carbons (Fsp3) is 0.125. The minimum absolute atomic E-state index is 0.200. The summed E-state index contributed by atoms with van der Waals surface area (Å²) in [7, 11) is 0. The third kappa shape index (κ3) is 4.97. The standard InChI is InChI=1S/C16H12F2N2O2S/c17-11-5-6-14(12(18)9-11)22-10-16(21)20-13-3-1-2-4-15(13)23-8-7-19/h1-6,9H,8,10H2,(H,20,21). The predicted molar refractivity (Wildman–Crippen MR) is 83.3 cm³/mol. The number of thioether (sulfide) groups is 1. The average Bonchev–Trinajstić information content (AvgIpc) is 2.53. The van der Waals surface area contributed by atoms with E-state index in [1.54, 1.807) is 24.3 Å². The second-order valence-corrected chi connectivity index (χ2v) is 5.37. The van der Waals surface area contributed by atoms with Crippen molar-refractivity contribution in [3.8, 4) is 11.8 Å². The van der Waals surface area contributed by atoms with Crippen molar-refractivity contribution in [3.05, 3.63) is 54.1 Å². The van der Waals surface area contributed by atoms with E-state index < -0.39 is 24.1 Å². The quantitative estimate of drug-likeness (QED) is 0.820. The van der Waals surface area contributed by atoms with Crippen LogP contribution < -0.4 is 10.1 Å². The lowest BCUT2D eigenvalue weighted by Gasteiger charge is -2.11. The molecule has 0 fully saturated rings. The number of rotatable bonds is 6. The summed E-state index contributed by atoms with van der Waals surface area (Å²) in [5.41, 5.74) is 0.543. The van der Waals surface area contributed by atoms with Crippen LogP contribution >= 0.6 is 11.8 Å². The molecule has 2 rings (SSSR count). The Morgan fingerprint density at radius 3 is 2.78 bits per heavy atom. The molecule has 1 amide bonds. The molecular formula is C16H12F2N2O2S. The zero-order valence-electron chi connectivity index (χ0n) is 11.9. The number of para-hydroxylation sites is 1. The van der Waals surface area contributed by atoms with Gasteiger partial charge in [-0.05, 0) is 24.3 Å². The lowest BCUT2D eigenvalue weighted by Crippen LogP contribution is -2.20. The fourth-order valence-electron chi connectivity index (χ4n) is 1.73. The first kappa shape index (κ1) is 16.8. The zero-order valence-corrected chi connectivity index (χ0v) is 12.7. The number of nitrogens with zero attached hydrogens (tertiary/aromatic N) is 1. The summed E-state index contributed by atoms with van der Waals surface area (Å²) in [6.07, 6.45) is 0. The highest BCUT2D eigenvalue weighted by Crippen LogP contribution is 2.26. The molecule has 2 aromatic carbocycles. The van der Waals surface area contributed by atoms with Crippen LogP contribution in [-0.4, -0.2) is 18.3 Å². The van der Waals surface area contributed by atoms with Gasteiger partial charge in [0.2, 0.25) is 0 Å². The Morgan fingerprint density at radius 1 is 1.26 bits per heavy atom. The molecule has 0 saturated carbocycles. The smallest absolute Gasteiger partial charge is 0.262 e. The molecule has 0 bridgehead atoms. The number of amides is 1. The van der Waals surface area contributed by atoms with Gasteiger partial charge in [-0.15, -0.1) is 11.8 Å². The van der Waals surface area contributed by atoms with E-state index in [0.717, 1.165) is 17.0 Å². The van der Waals surface area contributed by atoms with Crippen LogP contribution in [0.15, 0.2) is 47.4 Å². The van der Waals surface area contributed by atoms with E-state index in [9.17, 15) is 13.6 Å². The molecule has 0 aliphatic carbocycles. The molecule has 0 unspecified atom stereocenters. The van der Waals surface area contributed by atoms with Crippen molar-refractivity contribution in [3.63, 3.8) is 0 Å². The van der Waals surface area contributed by atoms with Crippen LogP contribution in [0.25, 0.3) is 0 Å². The van der Waals surface area contributed by atoms with E-state index in [2.05, 4.69) is 5.32 Å². The summed E-state index contributed by atoms with van der Waals surface area (Å²) in [6.45, 7) is -0.417. The Kier molecular flexibility index (Phi) is 5.94. The van der Waals surface area contributed by atoms with Gasteiger partial charge >= 0.3 is 0 Å². The minimum Gasteiger partial charge on any atom is -0.481 e.